The number of rotatable bonds is 8. The third-order valence-corrected chi connectivity index (χ3v) is 5.17. The van der Waals surface area contributed by atoms with Crippen LogP contribution in [-0.4, -0.2) is 30.7 Å². The van der Waals surface area contributed by atoms with E-state index in [2.05, 4.69) is 35.8 Å². The Morgan fingerprint density at radius 3 is 2.44 bits per heavy atom. The average Bonchev–Trinajstić information content (AvgIpc) is 3.24. The fourth-order valence-electron chi connectivity index (χ4n) is 2.90. The van der Waals surface area contributed by atoms with E-state index in [0.29, 0.717) is 6.54 Å². The molecule has 1 amide bonds. The van der Waals surface area contributed by atoms with E-state index in [1.54, 1.807) is 22.9 Å². The molecule has 0 saturated carbocycles. The molecule has 0 aliphatic rings. The second-order valence-corrected chi connectivity index (χ2v) is 7.22. The fourth-order valence-corrected chi connectivity index (χ4v) is 3.31. The van der Waals surface area contributed by atoms with Gasteiger partial charge in [-0.1, -0.05) is 42.5 Å². The Labute approximate surface area is 164 Å². The van der Waals surface area contributed by atoms with Crippen molar-refractivity contribution in [2.45, 2.75) is 17.5 Å². The minimum absolute atomic E-state index is 0.0384. The Kier molecular flexibility index (Phi) is 6.74. The van der Waals surface area contributed by atoms with Crippen LogP contribution in [0.4, 0.5) is 0 Å². The van der Waals surface area contributed by atoms with Gasteiger partial charge < -0.3 is 9.32 Å². The van der Waals surface area contributed by atoms with Crippen molar-refractivity contribution in [3.05, 3.63) is 89.9 Å². The maximum absolute atomic E-state index is 12.6. The van der Waals surface area contributed by atoms with E-state index in [9.17, 15) is 4.79 Å². The number of hydrogen-bond acceptors (Lipinski definition) is 4. The molecule has 1 N–H and O–H groups in total. The van der Waals surface area contributed by atoms with Crippen LogP contribution in [0.25, 0.3) is 0 Å². The Morgan fingerprint density at radius 1 is 1.07 bits per heavy atom. The number of thioether (sulfide) groups is 1. The molecular weight excluding hydrogens is 356 g/mol. The zero-order valence-electron chi connectivity index (χ0n) is 15.6. The van der Waals surface area contributed by atoms with Gasteiger partial charge in [-0.25, -0.2) is 0 Å². The van der Waals surface area contributed by atoms with Gasteiger partial charge >= 0.3 is 0 Å². The summed E-state index contributed by atoms with van der Waals surface area (Å²) in [6.07, 6.45) is 3.71. The van der Waals surface area contributed by atoms with Crippen molar-refractivity contribution in [3.63, 3.8) is 0 Å². The number of benzene rings is 2. The predicted octanol–water partition coefficient (Wildman–Crippen LogP) is 4.34. The first-order valence-corrected chi connectivity index (χ1v) is 10.1. The van der Waals surface area contributed by atoms with Crippen molar-refractivity contribution in [2.75, 3.05) is 19.8 Å². The lowest BCUT2D eigenvalue weighted by Gasteiger charge is -2.21. The molecule has 3 rings (SSSR count). The molecule has 140 valence electrons. The summed E-state index contributed by atoms with van der Waals surface area (Å²) < 4.78 is 5.57. The second-order valence-electron chi connectivity index (χ2n) is 6.34. The Hall–Kier alpha value is -2.50. The van der Waals surface area contributed by atoms with Crippen LogP contribution < -0.4 is 5.32 Å². The quantitative estimate of drug-likeness (QED) is 0.591. The van der Waals surface area contributed by atoms with Crippen molar-refractivity contribution in [3.8, 4) is 0 Å². The second kappa shape index (κ2) is 9.44. The maximum Gasteiger partial charge on any atom is 0.236 e. The van der Waals surface area contributed by atoms with Gasteiger partial charge in [-0.05, 0) is 41.6 Å². The molecule has 1 heterocycles. The van der Waals surface area contributed by atoms with E-state index in [0.717, 1.165) is 16.9 Å². The predicted molar refractivity (Wildman–Crippen MR) is 110 cm³/mol. The highest BCUT2D eigenvalue weighted by atomic mass is 32.2. The first-order chi connectivity index (χ1) is 13.2. The van der Waals surface area contributed by atoms with E-state index in [1.165, 1.54) is 4.90 Å². The minimum Gasteiger partial charge on any atom is -0.467 e. The number of nitrogens with zero attached hydrogens (tertiary/aromatic N) is 1. The molecule has 0 aliphatic carbocycles. The van der Waals surface area contributed by atoms with Crippen LogP contribution in [0.2, 0.25) is 0 Å². The fraction of sp³-hybridized carbons (Fsp3) is 0.227. The topological polar surface area (TPSA) is 45.5 Å². The molecule has 0 radical (unpaired) electrons. The number of amides is 1. The summed E-state index contributed by atoms with van der Waals surface area (Å²) in [5.74, 6) is 0.834. The van der Waals surface area contributed by atoms with Gasteiger partial charge in [0, 0.05) is 18.5 Å². The first-order valence-electron chi connectivity index (χ1n) is 8.86. The van der Waals surface area contributed by atoms with E-state index in [4.69, 9.17) is 4.42 Å². The SMILES string of the molecule is CSc1ccc(CN(C)C(=O)CN[C@@H](c2ccccc2)c2ccco2)cc1. The number of carbonyl (C=O) groups excluding carboxylic acids is 1. The molecule has 0 fully saturated rings. The third-order valence-electron chi connectivity index (χ3n) is 4.42. The molecule has 0 saturated heterocycles. The smallest absolute Gasteiger partial charge is 0.236 e. The van der Waals surface area contributed by atoms with E-state index in [-0.39, 0.29) is 18.5 Å². The normalized spacial score (nSPS) is 11.9. The molecule has 4 nitrogen and oxygen atoms in total. The summed E-state index contributed by atoms with van der Waals surface area (Å²) in [5.41, 5.74) is 2.19. The van der Waals surface area contributed by atoms with Crippen LogP contribution in [0, 0.1) is 0 Å². The lowest BCUT2D eigenvalue weighted by atomic mass is 10.0. The Bertz CT molecular complexity index is 833. The van der Waals surface area contributed by atoms with Crippen LogP contribution >= 0.6 is 11.8 Å². The highest BCUT2D eigenvalue weighted by Crippen LogP contribution is 2.22. The summed E-state index contributed by atoms with van der Waals surface area (Å²) in [7, 11) is 1.83. The van der Waals surface area contributed by atoms with E-state index in [1.807, 2.05) is 49.5 Å². The summed E-state index contributed by atoms with van der Waals surface area (Å²) >= 11 is 1.71. The van der Waals surface area contributed by atoms with Crippen LogP contribution in [0.3, 0.4) is 0 Å². The molecule has 0 spiro atoms. The maximum atomic E-state index is 12.6. The van der Waals surface area contributed by atoms with E-state index < -0.39 is 0 Å². The van der Waals surface area contributed by atoms with Gasteiger partial charge in [0.2, 0.25) is 5.91 Å². The molecule has 3 aromatic rings. The van der Waals surface area contributed by atoms with Crippen molar-refractivity contribution in [2.24, 2.45) is 0 Å². The standard InChI is InChI=1S/C22H24N2O2S/c1-24(16-17-10-12-19(27-2)13-11-17)21(25)15-23-22(20-9-6-14-26-20)18-7-4-3-5-8-18/h3-14,22-23H,15-16H2,1-2H3/t22-/m0/s1. The van der Waals surface area contributed by atoms with Crippen molar-refractivity contribution in [1.29, 1.82) is 0 Å². The molecule has 0 bridgehead atoms. The Morgan fingerprint density at radius 2 is 1.81 bits per heavy atom. The largest absolute Gasteiger partial charge is 0.467 e. The zero-order valence-corrected chi connectivity index (χ0v) is 16.4. The highest BCUT2D eigenvalue weighted by molar-refractivity contribution is 7.98. The molecular formula is C22H24N2O2S. The van der Waals surface area contributed by atoms with Crippen LogP contribution in [-0.2, 0) is 11.3 Å². The van der Waals surface area contributed by atoms with Crippen LogP contribution in [0.5, 0.6) is 0 Å². The summed E-state index contributed by atoms with van der Waals surface area (Å²) in [6, 6.07) is 21.9. The number of nitrogens with one attached hydrogen (secondary N) is 1. The number of hydrogen-bond donors (Lipinski definition) is 1. The minimum atomic E-state index is -0.153. The van der Waals surface area contributed by atoms with Gasteiger partial charge in [0.1, 0.15) is 5.76 Å². The zero-order chi connectivity index (χ0) is 19.1. The Balaban J connectivity index is 1.61. The van der Waals surface area contributed by atoms with Crippen LogP contribution in [0.15, 0.2) is 82.3 Å². The molecule has 0 aliphatic heterocycles. The molecule has 2 aromatic carbocycles. The van der Waals surface area contributed by atoms with Crippen LogP contribution in [0.1, 0.15) is 22.9 Å². The average molecular weight is 381 g/mol. The number of furan rings is 1. The lowest BCUT2D eigenvalue weighted by Crippen LogP contribution is -2.37. The van der Waals surface area contributed by atoms with Gasteiger partial charge in [0.05, 0.1) is 18.8 Å². The number of carbonyl (C=O) groups is 1. The van der Waals surface area contributed by atoms with Gasteiger partial charge in [0.25, 0.3) is 0 Å². The van der Waals surface area contributed by atoms with E-state index >= 15 is 0 Å². The van der Waals surface area contributed by atoms with Crippen molar-refractivity contribution >= 4 is 17.7 Å². The molecule has 27 heavy (non-hydrogen) atoms. The molecule has 1 atom stereocenters. The molecule has 1 aromatic heterocycles. The van der Waals surface area contributed by atoms with Crippen molar-refractivity contribution in [1.82, 2.24) is 10.2 Å². The summed E-state index contributed by atoms with van der Waals surface area (Å²) in [4.78, 5) is 15.6. The number of likely N-dealkylation sites (N-methyl/N-ethyl adjacent to an activating group) is 1. The monoisotopic (exact) mass is 380 g/mol. The van der Waals surface area contributed by atoms with Crippen molar-refractivity contribution < 1.29 is 9.21 Å². The summed E-state index contributed by atoms with van der Waals surface area (Å²) in [6.45, 7) is 0.825. The van der Waals surface area contributed by atoms with Gasteiger partial charge in [-0.15, -0.1) is 11.8 Å². The van der Waals surface area contributed by atoms with Gasteiger partial charge in [0.15, 0.2) is 0 Å². The third kappa shape index (κ3) is 5.25. The molecule has 0 unspecified atom stereocenters. The molecule has 5 heteroatoms. The highest BCUT2D eigenvalue weighted by Gasteiger charge is 2.18. The lowest BCUT2D eigenvalue weighted by molar-refractivity contribution is -0.129. The first kappa shape index (κ1) is 19.3. The van der Waals surface area contributed by atoms with Gasteiger partial charge in [-0.3, -0.25) is 10.1 Å². The van der Waals surface area contributed by atoms with Gasteiger partial charge in [-0.2, -0.15) is 0 Å². The summed E-state index contributed by atoms with van der Waals surface area (Å²) in [5, 5.41) is 3.33.